The smallest absolute Gasteiger partial charge is 0.238 e. The molecule has 98 valence electrons. The van der Waals surface area contributed by atoms with Crippen molar-refractivity contribution in [3.63, 3.8) is 0 Å². The van der Waals surface area contributed by atoms with E-state index in [0.29, 0.717) is 12.5 Å². The number of methoxy groups -OCH3 is 1. The van der Waals surface area contributed by atoms with Crippen LogP contribution in [0.2, 0.25) is 0 Å². The molecule has 1 aromatic rings. The number of hydrogen-bond donors (Lipinski definition) is 2. The first kappa shape index (κ1) is 12.9. The molecule has 1 heterocycles. The van der Waals surface area contributed by atoms with E-state index in [2.05, 4.69) is 5.32 Å². The van der Waals surface area contributed by atoms with Gasteiger partial charge in [0.25, 0.3) is 0 Å². The summed E-state index contributed by atoms with van der Waals surface area (Å²) in [6, 6.07) is 7.27. The second-order valence-electron chi connectivity index (χ2n) is 4.52. The van der Waals surface area contributed by atoms with Crippen LogP contribution in [0, 0.1) is 5.92 Å². The third-order valence-corrected chi connectivity index (χ3v) is 3.01. The van der Waals surface area contributed by atoms with Crippen LogP contribution in [0.4, 0.5) is 5.69 Å². The van der Waals surface area contributed by atoms with Crippen LogP contribution >= 0.6 is 0 Å². The molecule has 1 aliphatic rings. The lowest BCUT2D eigenvalue weighted by atomic mass is 10.0. The summed E-state index contributed by atoms with van der Waals surface area (Å²) in [4.78, 5) is 13.8. The molecule has 0 bridgehead atoms. The molecule has 0 unspecified atom stereocenters. The van der Waals surface area contributed by atoms with Crippen LogP contribution in [-0.4, -0.2) is 49.3 Å². The van der Waals surface area contributed by atoms with Gasteiger partial charge in [-0.15, -0.1) is 0 Å². The minimum atomic E-state index is -0.0420. The number of aliphatic hydroxyl groups excluding tert-OH is 1. The number of ether oxygens (including phenoxy) is 1. The van der Waals surface area contributed by atoms with E-state index < -0.39 is 0 Å². The number of benzene rings is 1. The molecule has 1 aromatic carbocycles. The summed E-state index contributed by atoms with van der Waals surface area (Å²) in [5.41, 5.74) is 0.735. The van der Waals surface area contributed by atoms with Gasteiger partial charge >= 0.3 is 0 Å². The van der Waals surface area contributed by atoms with Crippen molar-refractivity contribution in [3.8, 4) is 5.75 Å². The number of nitrogens with one attached hydrogen (secondary N) is 1. The monoisotopic (exact) mass is 250 g/mol. The van der Waals surface area contributed by atoms with Crippen LogP contribution in [0.3, 0.4) is 0 Å². The molecular formula is C13H18N2O3. The zero-order valence-electron chi connectivity index (χ0n) is 10.4. The topological polar surface area (TPSA) is 61.8 Å². The van der Waals surface area contributed by atoms with Gasteiger partial charge < -0.3 is 15.2 Å². The van der Waals surface area contributed by atoms with Gasteiger partial charge in [0, 0.05) is 37.4 Å². The summed E-state index contributed by atoms with van der Waals surface area (Å²) >= 11 is 0. The summed E-state index contributed by atoms with van der Waals surface area (Å²) < 4.78 is 5.09. The number of anilines is 1. The highest BCUT2D eigenvalue weighted by Crippen LogP contribution is 2.17. The minimum Gasteiger partial charge on any atom is -0.497 e. The SMILES string of the molecule is COc1cccc(NC(=O)CN2CC(CO)C2)c1. The molecule has 2 rings (SSSR count). The van der Waals surface area contributed by atoms with E-state index in [1.165, 1.54) is 0 Å². The van der Waals surface area contributed by atoms with E-state index in [4.69, 9.17) is 9.84 Å². The van der Waals surface area contributed by atoms with E-state index >= 15 is 0 Å². The number of aliphatic hydroxyl groups is 1. The first-order valence-electron chi connectivity index (χ1n) is 5.98. The second-order valence-corrected chi connectivity index (χ2v) is 4.52. The predicted molar refractivity (Wildman–Crippen MR) is 68.6 cm³/mol. The van der Waals surface area contributed by atoms with Gasteiger partial charge in [0.1, 0.15) is 5.75 Å². The van der Waals surface area contributed by atoms with E-state index in [1.54, 1.807) is 13.2 Å². The van der Waals surface area contributed by atoms with Crippen LogP contribution < -0.4 is 10.1 Å². The fourth-order valence-corrected chi connectivity index (χ4v) is 2.03. The molecule has 0 aromatic heterocycles. The highest BCUT2D eigenvalue weighted by atomic mass is 16.5. The van der Waals surface area contributed by atoms with Crippen molar-refractivity contribution < 1.29 is 14.6 Å². The lowest BCUT2D eigenvalue weighted by Gasteiger charge is -2.37. The maximum atomic E-state index is 11.8. The van der Waals surface area contributed by atoms with Gasteiger partial charge in [-0.25, -0.2) is 0 Å². The Morgan fingerprint density at radius 2 is 2.33 bits per heavy atom. The molecule has 5 heteroatoms. The van der Waals surface area contributed by atoms with Gasteiger partial charge in [-0.2, -0.15) is 0 Å². The van der Waals surface area contributed by atoms with Gasteiger partial charge in [0.05, 0.1) is 13.7 Å². The highest BCUT2D eigenvalue weighted by Gasteiger charge is 2.27. The Morgan fingerprint density at radius 3 is 3.00 bits per heavy atom. The molecule has 0 saturated carbocycles. The summed E-state index contributed by atoms with van der Waals surface area (Å²) in [5.74, 6) is 1.01. The second kappa shape index (κ2) is 5.84. The van der Waals surface area contributed by atoms with Crippen molar-refractivity contribution in [1.29, 1.82) is 0 Å². The Labute approximate surface area is 106 Å². The average molecular weight is 250 g/mol. The zero-order chi connectivity index (χ0) is 13.0. The first-order valence-corrected chi connectivity index (χ1v) is 5.98. The van der Waals surface area contributed by atoms with E-state index in [1.807, 2.05) is 23.1 Å². The third kappa shape index (κ3) is 3.21. The number of hydrogen-bond acceptors (Lipinski definition) is 4. The maximum Gasteiger partial charge on any atom is 0.238 e. The summed E-state index contributed by atoms with van der Waals surface area (Å²) in [5, 5.41) is 11.7. The van der Waals surface area contributed by atoms with Crippen LogP contribution in [0.5, 0.6) is 5.75 Å². The molecule has 0 atom stereocenters. The molecule has 0 aliphatic carbocycles. The number of nitrogens with zero attached hydrogens (tertiary/aromatic N) is 1. The van der Waals surface area contributed by atoms with Crippen LogP contribution in [-0.2, 0) is 4.79 Å². The molecule has 1 amide bonds. The van der Waals surface area contributed by atoms with E-state index in [-0.39, 0.29) is 12.5 Å². The van der Waals surface area contributed by atoms with Crippen molar-refractivity contribution in [1.82, 2.24) is 4.90 Å². The fourth-order valence-electron chi connectivity index (χ4n) is 2.03. The Morgan fingerprint density at radius 1 is 1.56 bits per heavy atom. The summed E-state index contributed by atoms with van der Waals surface area (Å²) in [7, 11) is 1.59. The van der Waals surface area contributed by atoms with Gasteiger partial charge in [0.2, 0.25) is 5.91 Å². The number of carbonyl (C=O) groups is 1. The molecule has 1 fully saturated rings. The molecule has 0 radical (unpaired) electrons. The number of carbonyl (C=O) groups excluding carboxylic acids is 1. The van der Waals surface area contributed by atoms with E-state index in [0.717, 1.165) is 24.5 Å². The molecular weight excluding hydrogens is 232 g/mol. The minimum absolute atomic E-state index is 0.0420. The molecule has 5 nitrogen and oxygen atoms in total. The lowest BCUT2D eigenvalue weighted by Crippen LogP contribution is -2.51. The quantitative estimate of drug-likeness (QED) is 0.801. The van der Waals surface area contributed by atoms with Gasteiger partial charge in [-0.05, 0) is 12.1 Å². The molecule has 2 N–H and O–H groups in total. The van der Waals surface area contributed by atoms with E-state index in [9.17, 15) is 4.79 Å². The van der Waals surface area contributed by atoms with Crippen LogP contribution in [0.15, 0.2) is 24.3 Å². The Hall–Kier alpha value is -1.59. The normalized spacial score (nSPS) is 16.1. The zero-order valence-corrected chi connectivity index (χ0v) is 10.4. The van der Waals surface area contributed by atoms with Crippen LogP contribution in [0.25, 0.3) is 0 Å². The van der Waals surface area contributed by atoms with Crippen molar-refractivity contribution in [3.05, 3.63) is 24.3 Å². The number of amides is 1. The van der Waals surface area contributed by atoms with Gasteiger partial charge in [-0.1, -0.05) is 6.07 Å². The molecule has 18 heavy (non-hydrogen) atoms. The maximum absolute atomic E-state index is 11.8. The third-order valence-electron chi connectivity index (χ3n) is 3.01. The van der Waals surface area contributed by atoms with Gasteiger partial charge in [-0.3, -0.25) is 9.69 Å². The van der Waals surface area contributed by atoms with Crippen molar-refractivity contribution in [2.24, 2.45) is 5.92 Å². The largest absolute Gasteiger partial charge is 0.497 e. The molecule has 1 aliphatic heterocycles. The highest BCUT2D eigenvalue weighted by molar-refractivity contribution is 5.92. The molecule has 0 spiro atoms. The van der Waals surface area contributed by atoms with Crippen molar-refractivity contribution >= 4 is 11.6 Å². The molecule has 1 saturated heterocycles. The average Bonchev–Trinajstić information content (AvgIpc) is 2.33. The first-order chi connectivity index (χ1) is 8.71. The van der Waals surface area contributed by atoms with Crippen molar-refractivity contribution in [2.45, 2.75) is 0 Å². The van der Waals surface area contributed by atoms with Crippen LogP contribution in [0.1, 0.15) is 0 Å². The summed E-state index contributed by atoms with van der Waals surface area (Å²) in [6.07, 6.45) is 0. The standard InChI is InChI=1S/C13H18N2O3/c1-18-12-4-2-3-11(5-12)14-13(17)8-15-6-10(7-15)9-16/h2-5,10,16H,6-9H2,1H3,(H,14,17). The Balaban J connectivity index is 1.80. The summed E-state index contributed by atoms with van der Waals surface area (Å²) in [6.45, 7) is 2.16. The number of rotatable bonds is 5. The lowest BCUT2D eigenvalue weighted by molar-refractivity contribution is -0.119. The van der Waals surface area contributed by atoms with Gasteiger partial charge in [0.15, 0.2) is 0 Å². The Bertz CT molecular complexity index is 416. The predicted octanol–water partition coefficient (Wildman–Crippen LogP) is 0.558. The number of likely N-dealkylation sites (tertiary alicyclic amines) is 1. The Kier molecular flexibility index (Phi) is 4.17. The fraction of sp³-hybridized carbons (Fsp3) is 0.462. The van der Waals surface area contributed by atoms with Crippen molar-refractivity contribution in [2.75, 3.05) is 38.7 Å².